The molecule has 1 aromatic carbocycles. The van der Waals surface area contributed by atoms with Gasteiger partial charge in [-0.2, -0.15) is 5.26 Å². The lowest BCUT2D eigenvalue weighted by molar-refractivity contribution is -0.127. The van der Waals surface area contributed by atoms with Crippen LogP contribution >= 0.6 is 11.6 Å². The Bertz CT molecular complexity index is 471. The van der Waals surface area contributed by atoms with Gasteiger partial charge in [0, 0.05) is 0 Å². The molecule has 0 aromatic heterocycles. The molecule has 0 saturated carbocycles. The maximum Gasteiger partial charge on any atom is 0.261 e. The van der Waals surface area contributed by atoms with E-state index >= 15 is 0 Å². The molecule has 1 amide bonds. The van der Waals surface area contributed by atoms with Crippen LogP contribution in [0, 0.1) is 11.3 Å². The zero-order chi connectivity index (χ0) is 14.3. The van der Waals surface area contributed by atoms with Gasteiger partial charge in [0.05, 0.1) is 11.1 Å². The quantitative estimate of drug-likeness (QED) is 0.871. The van der Waals surface area contributed by atoms with Crippen molar-refractivity contribution in [2.45, 2.75) is 38.8 Å². The molecule has 0 aliphatic rings. The van der Waals surface area contributed by atoms with E-state index in [-0.39, 0.29) is 5.91 Å². The molecule has 0 bridgehead atoms. The minimum absolute atomic E-state index is 0.320. The average molecular weight is 281 g/mol. The molecule has 0 unspecified atom stereocenters. The summed E-state index contributed by atoms with van der Waals surface area (Å²) in [4.78, 5) is 11.9. The highest BCUT2D eigenvalue weighted by Crippen LogP contribution is 2.24. The van der Waals surface area contributed by atoms with Crippen molar-refractivity contribution >= 4 is 17.5 Å². The van der Waals surface area contributed by atoms with Gasteiger partial charge in [0.2, 0.25) is 0 Å². The van der Waals surface area contributed by atoms with E-state index < -0.39 is 12.1 Å². The molecule has 0 saturated heterocycles. The molecule has 0 fully saturated rings. The molecule has 4 nitrogen and oxygen atoms in total. The molecule has 0 aliphatic heterocycles. The SMILES string of the molecule is CCC[C@H](C#N)NC(=O)[C@@H](C)Oc1ccccc1Cl. The normalized spacial score (nSPS) is 13.2. The number of halogens is 1. The third-order valence-corrected chi connectivity index (χ3v) is 2.87. The van der Waals surface area contributed by atoms with Crippen LogP contribution < -0.4 is 10.1 Å². The Morgan fingerprint density at radius 2 is 2.21 bits per heavy atom. The van der Waals surface area contributed by atoms with Gasteiger partial charge >= 0.3 is 0 Å². The van der Waals surface area contributed by atoms with E-state index in [9.17, 15) is 4.79 Å². The fourth-order valence-electron chi connectivity index (χ4n) is 1.53. The first-order valence-corrected chi connectivity index (χ1v) is 6.57. The van der Waals surface area contributed by atoms with Crippen LogP contribution in [0.5, 0.6) is 5.75 Å². The molecule has 102 valence electrons. The Morgan fingerprint density at radius 1 is 1.53 bits per heavy atom. The summed E-state index contributed by atoms with van der Waals surface area (Å²) in [5, 5.41) is 12.0. The number of nitrogens with one attached hydrogen (secondary N) is 1. The molecular weight excluding hydrogens is 264 g/mol. The molecular formula is C14H17ClN2O2. The van der Waals surface area contributed by atoms with Crippen LogP contribution in [-0.2, 0) is 4.79 Å². The number of rotatable bonds is 6. The highest BCUT2D eigenvalue weighted by molar-refractivity contribution is 6.32. The van der Waals surface area contributed by atoms with Gasteiger partial charge in [-0.15, -0.1) is 0 Å². The van der Waals surface area contributed by atoms with Crippen LogP contribution in [0.15, 0.2) is 24.3 Å². The molecule has 0 aliphatic carbocycles. The zero-order valence-electron chi connectivity index (χ0n) is 11.0. The summed E-state index contributed by atoms with van der Waals surface area (Å²) in [6.07, 6.45) is 0.756. The van der Waals surface area contributed by atoms with Crippen molar-refractivity contribution < 1.29 is 9.53 Å². The number of hydrogen-bond donors (Lipinski definition) is 1. The predicted octanol–water partition coefficient (Wildman–Crippen LogP) is 2.92. The predicted molar refractivity (Wildman–Crippen MR) is 74.0 cm³/mol. The second-order valence-electron chi connectivity index (χ2n) is 4.17. The number of nitriles is 1. The second kappa shape index (κ2) is 7.65. The molecule has 0 radical (unpaired) electrons. The third kappa shape index (κ3) is 4.80. The summed E-state index contributed by atoms with van der Waals surface area (Å²) < 4.78 is 5.48. The summed E-state index contributed by atoms with van der Waals surface area (Å²) in [5.74, 6) is 0.135. The highest BCUT2D eigenvalue weighted by atomic mass is 35.5. The average Bonchev–Trinajstić information content (AvgIpc) is 2.40. The van der Waals surface area contributed by atoms with E-state index in [1.807, 2.05) is 6.92 Å². The zero-order valence-corrected chi connectivity index (χ0v) is 11.8. The maximum atomic E-state index is 11.9. The summed E-state index contributed by atoms with van der Waals surface area (Å²) in [6.45, 7) is 3.58. The van der Waals surface area contributed by atoms with Gasteiger partial charge in [0.15, 0.2) is 6.10 Å². The number of amides is 1. The summed E-state index contributed by atoms with van der Waals surface area (Å²) in [6, 6.07) is 8.52. The van der Waals surface area contributed by atoms with Crippen molar-refractivity contribution in [1.29, 1.82) is 5.26 Å². The van der Waals surface area contributed by atoms with Crippen LogP contribution in [0.3, 0.4) is 0 Å². The lowest BCUT2D eigenvalue weighted by Crippen LogP contribution is -2.41. The van der Waals surface area contributed by atoms with E-state index in [2.05, 4.69) is 11.4 Å². The van der Waals surface area contributed by atoms with Gasteiger partial charge in [-0.25, -0.2) is 0 Å². The monoisotopic (exact) mass is 280 g/mol. The first-order chi connectivity index (χ1) is 9.08. The molecule has 1 N–H and O–H groups in total. The maximum absolute atomic E-state index is 11.9. The molecule has 0 heterocycles. The largest absolute Gasteiger partial charge is 0.479 e. The lowest BCUT2D eigenvalue weighted by Gasteiger charge is -2.17. The molecule has 2 atom stereocenters. The minimum Gasteiger partial charge on any atom is -0.479 e. The Morgan fingerprint density at radius 3 is 2.79 bits per heavy atom. The summed E-state index contributed by atoms with van der Waals surface area (Å²) in [7, 11) is 0. The Hall–Kier alpha value is -1.73. The van der Waals surface area contributed by atoms with E-state index in [0.29, 0.717) is 17.2 Å². The molecule has 1 rings (SSSR count). The first kappa shape index (κ1) is 15.3. The Kier molecular flexibility index (Phi) is 6.17. The van der Waals surface area contributed by atoms with Gasteiger partial charge in [-0.1, -0.05) is 37.1 Å². The standard InChI is InChI=1S/C14H17ClN2O2/c1-3-6-11(9-16)17-14(18)10(2)19-13-8-5-4-7-12(13)15/h4-5,7-8,10-11H,3,6H2,1-2H3,(H,17,18)/t10-,11-/m1/s1. The van der Waals surface area contributed by atoms with Crippen LogP contribution in [0.1, 0.15) is 26.7 Å². The number of benzene rings is 1. The number of ether oxygens (including phenoxy) is 1. The van der Waals surface area contributed by atoms with Crippen LogP contribution in [0.4, 0.5) is 0 Å². The fourth-order valence-corrected chi connectivity index (χ4v) is 1.71. The third-order valence-electron chi connectivity index (χ3n) is 2.56. The summed E-state index contributed by atoms with van der Waals surface area (Å²) >= 11 is 5.95. The molecule has 19 heavy (non-hydrogen) atoms. The number of carbonyl (C=O) groups excluding carboxylic acids is 1. The van der Waals surface area contributed by atoms with Crippen molar-refractivity contribution in [3.8, 4) is 11.8 Å². The smallest absolute Gasteiger partial charge is 0.261 e. The molecule has 1 aromatic rings. The number of nitrogens with zero attached hydrogens (tertiary/aromatic N) is 1. The molecule has 5 heteroatoms. The topological polar surface area (TPSA) is 62.1 Å². The van der Waals surface area contributed by atoms with Gasteiger partial charge in [-0.05, 0) is 25.5 Å². The summed E-state index contributed by atoms with van der Waals surface area (Å²) in [5.41, 5.74) is 0. The Balaban J connectivity index is 2.58. The first-order valence-electron chi connectivity index (χ1n) is 6.19. The van der Waals surface area contributed by atoms with E-state index in [1.54, 1.807) is 31.2 Å². The van der Waals surface area contributed by atoms with Crippen LogP contribution in [0.25, 0.3) is 0 Å². The second-order valence-corrected chi connectivity index (χ2v) is 4.58. The van der Waals surface area contributed by atoms with Crippen LogP contribution in [0.2, 0.25) is 5.02 Å². The van der Waals surface area contributed by atoms with Gasteiger partial charge < -0.3 is 10.1 Å². The van der Waals surface area contributed by atoms with Gasteiger partial charge in [0.25, 0.3) is 5.91 Å². The van der Waals surface area contributed by atoms with Gasteiger partial charge in [-0.3, -0.25) is 4.79 Å². The Labute approximate surface area is 118 Å². The number of para-hydroxylation sites is 1. The van der Waals surface area contributed by atoms with Crippen molar-refractivity contribution in [2.24, 2.45) is 0 Å². The van der Waals surface area contributed by atoms with E-state index in [0.717, 1.165) is 6.42 Å². The molecule has 0 spiro atoms. The van der Waals surface area contributed by atoms with Crippen LogP contribution in [-0.4, -0.2) is 18.1 Å². The number of carbonyl (C=O) groups is 1. The number of hydrogen-bond acceptors (Lipinski definition) is 3. The highest BCUT2D eigenvalue weighted by Gasteiger charge is 2.19. The van der Waals surface area contributed by atoms with Crippen molar-refractivity contribution in [2.75, 3.05) is 0 Å². The van der Waals surface area contributed by atoms with Gasteiger partial charge in [0.1, 0.15) is 11.8 Å². The minimum atomic E-state index is -0.701. The van der Waals surface area contributed by atoms with E-state index in [4.69, 9.17) is 21.6 Å². The van der Waals surface area contributed by atoms with E-state index in [1.165, 1.54) is 0 Å². The van der Waals surface area contributed by atoms with Crippen molar-refractivity contribution in [1.82, 2.24) is 5.32 Å². The fraction of sp³-hybridized carbons (Fsp3) is 0.429. The van der Waals surface area contributed by atoms with Crippen molar-refractivity contribution in [3.63, 3.8) is 0 Å². The lowest BCUT2D eigenvalue weighted by atomic mass is 10.2. The van der Waals surface area contributed by atoms with Crippen molar-refractivity contribution in [3.05, 3.63) is 29.3 Å².